The number of hydrogen-bond donors (Lipinski definition) is 0. The number of halogens is 3. The molecule has 2 aromatic heterocycles. The van der Waals surface area contributed by atoms with E-state index in [4.69, 9.17) is 11.6 Å². The predicted octanol–water partition coefficient (Wildman–Crippen LogP) is 4.37. The van der Waals surface area contributed by atoms with Gasteiger partial charge in [0.2, 0.25) is 5.78 Å². The Balaban J connectivity index is 2.50. The lowest BCUT2D eigenvalue weighted by Gasteiger charge is -2.03. The van der Waals surface area contributed by atoms with Crippen LogP contribution in [0.2, 0.25) is 5.02 Å². The molecule has 90 valence electrons. The van der Waals surface area contributed by atoms with E-state index < -0.39 is 0 Å². The molecule has 17 heavy (non-hydrogen) atoms. The lowest BCUT2D eigenvalue weighted by molar-refractivity contribution is 0.102. The molecule has 0 fully saturated rings. The summed E-state index contributed by atoms with van der Waals surface area (Å²) in [6, 6.07) is 1.78. The Morgan fingerprint density at radius 1 is 1.59 bits per heavy atom. The molecular formula is C10H7Br2ClN2OS. The molecule has 0 aromatic carbocycles. The Morgan fingerprint density at radius 3 is 2.82 bits per heavy atom. The minimum absolute atomic E-state index is 0.122. The highest BCUT2D eigenvalue weighted by atomic mass is 79.9. The average molecular weight is 399 g/mol. The number of carbonyl (C=O) groups is 1. The fourth-order valence-corrected chi connectivity index (χ4v) is 4.47. The second-order valence-corrected chi connectivity index (χ2v) is 7.38. The van der Waals surface area contributed by atoms with Gasteiger partial charge in [-0.15, -0.1) is 11.3 Å². The molecule has 0 spiro atoms. The van der Waals surface area contributed by atoms with Crippen LogP contribution < -0.4 is 0 Å². The van der Waals surface area contributed by atoms with Crippen LogP contribution in [0.1, 0.15) is 23.0 Å². The van der Waals surface area contributed by atoms with Crippen molar-refractivity contribution in [3.8, 4) is 0 Å². The zero-order valence-electron chi connectivity index (χ0n) is 8.71. The van der Waals surface area contributed by atoms with Crippen LogP contribution in [0.15, 0.2) is 19.8 Å². The van der Waals surface area contributed by atoms with E-state index in [2.05, 4.69) is 37.0 Å². The maximum Gasteiger partial charge on any atom is 0.214 e. The smallest absolute Gasteiger partial charge is 0.214 e. The van der Waals surface area contributed by atoms with Gasteiger partial charge in [-0.25, -0.2) is 0 Å². The number of hydrogen-bond acceptors (Lipinski definition) is 3. The van der Waals surface area contributed by atoms with E-state index in [1.54, 1.807) is 10.7 Å². The first-order valence-corrected chi connectivity index (χ1v) is 7.53. The number of aryl methyl sites for hydroxylation is 1. The standard InChI is InChI=1S/C10H7Br2ClN2OS/c1-2-15-8(6(13)4-14-15)9(16)5-3-7(11)17-10(5)12/h3-4H,2H2,1H3. The van der Waals surface area contributed by atoms with E-state index in [1.165, 1.54) is 17.5 Å². The summed E-state index contributed by atoms with van der Waals surface area (Å²) in [4.78, 5) is 12.4. The SMILES string of the molecule is CCn1ncc(Cl)c1C(=O)c1cc(Br)sc1Br. The molecule has 0 aliphatic heterocycles. The summed E-state index contributed by atoms with van der Waals surface area (Å²) in [6.07, 6.45) is 1.49. The minimum atomic E-state index is -0.122. The maximum absolute atomic E-state index is 12.4. The van der Waals surface area contributed by atoms with Crippen LogP contribution in [0, 0.1) is 0 Å². The van der Waals surface area contributed by atoms with Crippen LogP contribution in [-0.2, 0) is 6.54 Å². The molecule has 0 unspecified atom stereocenters. The van der Waals surface area contributed by atoms with Crippen LogP contribution in [0.4, 0.5) is 0 Å². The van der Waals surface area contributed by atoms with Crippen LogP contribution >= 0.6 is 54.8 Å². The van der Waals surface area contributed by atoms with Crippen molar-refractivity contribution in [3.63, 3.8) is 0 Å². The Morgan fingerprint density at radius 2 is 2.29 bits per heavy atom. The average Bonchev–Trinajstić information content (AvgIpc) is 2.80. The zero-order valence-corrected chi connectivity index (χ0v) is 13.5. The highest BCUT2D eigenvalue weighted by molar-refractivity contribution is 9.12. The van der Waals surface area contributed by atoms with Gasteiger partial charge >= 0.3 is 0 Å². The maximum atomic E-state index is 12.4. The number of aromatic nitrogens is 2. The molecule has 0 amide bonds. The second kappa shape index (κ2) is 5.22. The van der Waals surface area contributed by atoms with Gasteiger partial charge in [-0.3, -0.25) is 9.48 Å². The lowest BCUT2D eigenvalue weighted by atomic mass is 10.1. The number of rotatable bonds is 3. The Kier molecular flexibility index (Phi) is 4.07. The fourth-order valence-electron chi connectivity index (χ4n) is 1.45. The van der Waals surface area contributed by atoms with Crippen molar-refractivity contribution in [2.45, 2.75) is 13.5 Å². The molecule has 0 saturated heterocycles. The summed E-state index contributed by atoms with van der Waals surface area (Å²) in [5.74, 6) is -0.122. The third-order valence-electron chi connectivity index (χ3n) is 2.21. The first-order valence-electron chi connectivity index (χ1n) is 4.75. The Labute approximate surface area is 124 Å². The quantitative estimate of drug-likeness (QED) is 0.720. The van der Waals surface area contributed by atoms with Crippen LogP contribution in [0.5, 0.6) is 0 Å². The van der Waals surface area contributed by atoms with E-state index in [0.29, 0.717) is 22.8 Å². The molecule has 0 saturated carbocycles. The number of thiophene rings is 1. The molecule has 0 aliphatic carbocycles. The minimum Gasteiger partial charge on any atom is -0.287 e. The third-order valence-corrected chi connectivity index (χ3v) is 4.83. The second-order valence-electron chi connectivity index (χ2n) is 3.22. The van der Waals surface area contributed by atoms with Gasteiger partial charge in [-0.2, -0.15) is 5.10 Å². The molecule has 0 radical (unpaired) electrons. The topological polar surface area (TPSA) is 34.9 Å². The van der Waals surface area contributed by atoms with Crippen LogP contribution in [0.25, 0.3) is 0 Å². The molecule has 0 bridgehead atoms. The van der Waals surface area contributed by atoms with Gasteiger partial charge in [0.05, 0.1) is 24.4 Å². The molecule has 2 heterocycles. The zero-order chi connectivity index (χ0) is 12.6. The van der Waals surface area contributed by atoms with E-state index in [0.717, 1.165) is 7.57 Å². The van der Waals surface area contributed by atoms with Gasteiger partial charge in [0.25, 0.3) is 0 Å². The van der Waals surface area contributed by atoms with E-state index in [1.807, 2.05) is 6.92 Å². The first kappa shape index (κ1) is 13.3. The summed E-state index contributed by atoms with van der Waals surface area (Å²) in [5, 5.41) is 4.44. The van der Waals surface area contributed by atoms with Crippen molar-refractivity contribution in [3.05, 3.63) is 36.1 Å². The highest BCUT2D eigenvalue weighted by Crippen LogP contribution is 2.34. The largest absolute Gasteiger partial charge is 0.287 e. The highest BCUT2D eigenvalue weighted by Gasteiger charge is 2.22. The van der Waals surface area contributed by atoms with Crippen molar-refractivity contribution in [2.24, 2.45) is 0 Å². The van der Waals surface area contributed by atoms with Crippen LogP contribution in [0.3, 0.4) is 0 Å². The number of carbonyl (C=O) groups excluding carboxylic acids is 1. The van der Waals surface area contributed by atoms with E-state index in [-0.39, 0.29) is 5.78 Å². The molecule has 0 atom stereocenters. The molecule has 7 heteroatoms. The fraction of sp³-hybridized carbons (Fsp3) is 0.200. The van der Waals surface area contributed by atoms with Crippen LogP contribution in [-0.4, -0.2) is 15.6 Å². The summed E-state index contributed by atoms with van der Waals surface area (Å²) in [7, 11) is 0. The number of nitrogens with zero attached hydrogens (tertiary/aromatic N) is 2. The summed E-state index contributed by atoms with van der Waals surface area (Å²) < 4.78 is 3.28. The first-order chi connectivity index (χ1) is 8.04. The molecule has 0 N–H and O–H groups in total. The van der Waals surface area contributed by atoms with Gasteiger partial charge in [-0.1, -0.05) is 11.6 Å². The monoisotopic (exact) mass is 396 g/mol. The van der Waals surface area contributed by atoms with Crippen molar-refractivity contribution in [1.82, 2.24) is 9.78 Å². The molecular weight excluding hydrogens is 391 g/mol. The molecule has 2 rings (SSSR count). The predicted molar refractivity (Wildman–Crippen MR) is 76.1 cm³/mol. The summed E-state index contributed by atoms with van der Waals surface area (Å²) >= 11 is 14.2. The lowest BCUT2D eigenvalue weighted by Crippen LogP contribution is -2.10. The van der Waals surface area contributed by atoms with Crippen molar-refractivity contribution >= 4 is 60.6 Å². The van der Waals surface area contributed by atoms with E-state index in [9.17, 15) is 4.79 Å². The molecule has 0 aliphatic rings. The van der Waals surface area contributed by atoms with Gasteiger partial charge in [0.15, 0.2) is 0 Å². The van der Waals surface area contributed by atoms with Gasteiger partial charge in [0, 0.05) is 6.54 Å². The van der Waals surface area contributed by atoms with Gasteiger partial charge < -0.3 is 0 Å². The Hall–Kier alpha value is -0.170. The van der Waals surface area contributed by atoms with E-state index >= 15 is 0 Å². The molecule has 2 aromatic rings. The summed E-state index contributed by atoms with van der Waals surface area (Å²) in [6.45, 7) is 2.52. The van der Waals surface area contributed by atoms with Crippen molar-refractivity contribution < 1.29 is 4.79 Å². The summed E-state index contributed by atoms with van der Waals surface area (Å²) in [5.41, 5.74) is 1.03. The van der Waals surface area contributed by atoms with Gasteiger partial charge in [-0.05, 0) is 44.8 Å². The Bertz CT molecular complexity index is 579. The van der Waals surface area contributed by atoms with Gasteiger partial charge in [0.1, 0.15) is 5.69 Å². The van der Waals surface area contributed by atoms with Crippen molar-refractivity contribution in [2.75, 3.05) is 0 Å². The number of ketones is 1. The van der Waals surface area contributed by atoms with Crippen molar-refractivity contribution in [1.29, 1.82) is 0 Å². The third kappa shape index (κ3) is 2.50. The normalized spacial score (nSPS) is 10.8. The molecule has 3 nitrogen and oxygen atoms in total.